The van der Waals surface area contributed by atoms with Crippen LogP contribution >= 0.6 is 0 Å². The maximum absolute atomic E-state index is 5.20. The molecule has 0 spiro atoms. The van der Waals surface area contributed by atoms with E-state index in [1.807, 2.05) is 13.8 Å². The Morgan fingerprint density at radius 1 is 0.944 bits per heavy atom. The molecule has 1 radical (unpaired) electrons. The van der Waals surface area contributed by atoms with Crippen molar-refractivity contribution in [3.05, 3.63) is 6.33 Å². The van der Waals surface area contributed by atoms with Crippen LogP contribution in [0.25, 0.3) is 0 Å². The topological polar surface area (TPSA) is 81.2 Å². The maximum Gasteiger partial charge on any atom is 0.228 e. The van der Waals surface area contributed by atoms with E-state index in [2.05, 4.69) is 31.9 Å². The Kier molecular flexibility index (Phi) is 7.74. The minimum atomic E-state index is 0.489. The van der Waals surface area contributed by atoms with Gasteiger partial charge >= 0.3 is 0 Å². The molecule has 0 saturated heterocycles. The highest BCUT2D eigenvalue weighted by Gasteiger charge is 1.99. The van der Waals surface area contributed by atoms with Crippen molar-refractivity contribution in [3.8, 4) is 0 Å². The second kappa shape index (κ2) is 9.55. The van der Waals surface area contributed by atoms with Crippen molar-refractivity contribution in [1.82, 2.24) is 15.0 Å². The summed E-state index contributed by atoms with van der Waals surface area (Å²) in [4.78, 5) is 12.0. The van der Waals surface area contributed by atoms with Crippen molar-refractivity contribution in [2.24, 2.45) is 0 Å². The van der Waals surface area contributed by atoms with E-state index >= 15 is 0 Å². The second-order valence-corrected chi connectivity index (χ2v) is 3.33. The number of hydrogen-bond donors (Lipinski definition) is 2. The highest BCUT2D eigenvalue weighted by Crippen LogP contribution is 2.00. The number of aromatic nitrogens is 3. The summed E-state index contributed by atoms with van der Waals surface area (Å²) in [6, 6.07) is 0. The third-order valence-corrected chi connectivity index (χ3v) is 1.99. The summed E-state index contributed by atoms with van der Waals surface area (Å²) in [5, 5.41) is 6.06. The van der Waals surface area contributed by atoms with Gasteiger partial charge in [-0.05, 0) is 13.8 Å². The van der Waals surface area contributed by atoms with Gasteiger partial charge in [0.15, 0.2) is 0 Å². The molecule has 0 atom stereocenters. The summed E-state index contributed by atoms with van der Waals surface area (Å²) >= 11 is 0. The number of nitrogens with zero attached hydrogens (tertiary/aromatic N) is 3. The summed E-state index contributed by atoms with van der Waals surface area (Å²) in [5.41, 5.74) is 0. The van der Waals surface area contributed by atoms with Gasteiger partial charge in [-0.25, -0.2) is 0 Å². The molecule has 0 aliphatic carbocycles. The SMILES string of the molecule is CCOCCNc1n[c]nc(NCCOCC)n1. The first-order valence-electron chi connectivity index (χ1n) is 6.12. The van der Waals surface area contributed by atoms with Crippen LogP contribution in [0, 0.1) is 6.33 Å². The molecule has 0 unspecified atom stereocenters. The fraction of sp³-hybridized carbons (Fsp3) is 0.727. The lowest BCUT2D eigenvalue weighted by Crippen LogP contribution is -2.15. The summed E-state index contributed by atoms with van der Waals surface area (Å²) in [7, 11) is 0. The number of rotatable bonds is 10. The van der Waals surface area contributed by atoms with Crippen molar-refractivity contribution in [3.63, 3.8) is 0 Å². The van der Waals surface area contributed by atoms with E-state index in [-0.39, 0.29) is 0 Å². The van der Waals surface area contributed by atoms with Gasteiger partial charge in [0.25, 0.3) is 0 Å². The summed E-state index contributed by atoms with van der Waals surface area (Å²) < 4.78 is 10.4. The largest absolute Gasteiger partial charge is 0.380 e. The predicted molar refractivity (Wildman–Crippen MR) is 68.6 cm³/mol. The van der Waals surface area contributed by atoms with E-state index in [4.69, 9.17) is 9.47 Å². The smallest absolute Gasteiger partial charge is 0.228 e. The fourth-order valence-corrected chi connectivity index (χ4v) is 1.19. The van der Waals surface area contributed by atoms with Crippen LogP contribution in [-0.4, -0.2) is 54.5 Å². The zero-order valence-electron chi connectivity index (χ0n) is 10.9. The van der Waals surface area contributed by atoms with E-state index < -0.39 is 0 Å². The van der Waals surface area contributed by atoms with Gasteiger partial charge in [0.05, 0.1) is 13.2 Å². The first kappa shape index (κ1) is 14.6. The quantitative estimate of drug-likeness (QED) is 0.591. The summed E-state index contributed by atoms with van der Waals surface area (Å²) in [6.07, 6.45) is 2.54. The Bertz CT molecular complexity index is 297. The minimum Gasteiger partial charge on any atom is -0.380 e. The molecule has 0 fully saturated rings. The summed E-state index contributed by atoms with van der Waals surface area (Å²) in [6.45, 7) is 7.87. The normalized spacial score (nSPS) is 10.3. The molecule has 7 heteroatoms. The van der Waals surface area contributed by atoms with Gasteiger partial charge in [0.2, 0.25) is 18.2 Å². The van der Waals surface area contributed by atoms with Crippen LogP contribution in [-0.2, 0) is 9.47 Å². The van der Waals surface area contributed by atoms with Gasteiger partial charge in [-0.3, -0.25) is 0 Å². The molecule has 0 aromatic carbocycles. The standard InChI is InChI=1S/C11H20N5O2/c1-3-17-7-5-12-10-14-9-15-11(16-10)13-6-8-18-4-2/h3-8H2,1-2H3,(H2,12,13,14,15,16). The molecule has 0 aliphatic heterocycles. The van der Waals surface area contributed by atoms with Crippen LogP contribution in [0.4, 0.5) is 11.9 Å². The lowest BCUT2D eigenvalue weighted by atomic mass is 10.6. The lowest BCUT2D eigenvalue weighted by molar-refractivity contribution is 0.158. The predicted octanol–water partition coefficient (Wildman–Crippen LogP) is 0.569. The van der Waals surface area contributed by atoms with E-state index in [9.17, 15) is 0 Å². The number of nitrogens with one attached hydrogen (secondary N) is 2. The van der Waals surface area contributed by atoms with Gasteiger partial charge in [-0.15, -0.1) is 0 Å². The van der Waals surface area contributed by atoms with E-state index in [0.717, 1.165) is 0 Å². The highest BCUT2D eigenvalue weighted by molar-refractivity contribution is 5.32. The van der Waals surface area contributed by atoms with Gasteiger partial charge in [-0.1, -0.05) is 0 Å². The van der Waals surface area contributed by atoms with Crippen LogP contribution in [0.1, 0.15) is 13.8 Å². The Labute approximate surface area is 107 Å². The molecular weight excluding hydrogens is 234 g/mol. The molecule has 0 bridgehead atoms. The fourth-order valence-electron chi connectivity index (χ4n) is 1.19. The molecule has 0 amide bonds. The summed E-state index contributed by atoms with van der Waals surface area (Å²) in [5.74, 6) is 0.979. The van der Waals surface area contributed by atoms with Crippen LogP contribution in [0.15, 0.2) is 0 Å². The van der Waals surface area contributed by atoms with Crippen LogP contribution in [0.2, 0.25) is 0 Å². The molecular formula is C11H20N5O2. The van der Waals surface area contributed by atoms with Crippen molar-refractivity contribution in [2.75, 3.05) is 50.2 Å². The first-order chi connectivity index (χ1) is 8.86. The van der Waals surface area contributed by atoms with Crippen LogP contribution in [0.5, 0.6) is 0 Å². The average Bonchev–Trinajstić information content (AvgIpc) is 2.40. The Balaban J connectivity index is 2.27. The molecule has 0 saturated carbocycles. The second-order valence-electron chi connectivity index (χ2n) is 3.33. The third-order valence-electron chi connectivity index (χ3n) is 1.99. The Morgan fingerprint density at radius 2 is 1.44 bits per heavy atom. The number of hydrogen-bond acceptors (Lipinski definition) is 7. The van der Waals surface area contributed by atoms with Crippen molar-refractivity contribution in [1.29, 1.82) is 0 Å². The van der Waals surface area contributed by atoms with Crippen molar-refractivity contribution >= 4 is 11.9 Å². The van der Waals surface area contributed by atoms with Gasteiger partial charge in [0.1, 0.15) is 0 Å². The molecule has 2 N–H and O–H groups in total. The lowest BCUT2D eigenvalue weighted by Gasteiger charge is -2.07. The first-order valence-corrected chi connectivity index (χ1v) is 6.12. The van der Waals surface area contributed by atoms with E-state index in [1.54, 1.807) is 0 Å². The minimum absolute atomic E-state index is 0.489. The van der Waals surface area contributed by atoms with Crippen molar-refractivity contribution < 1.29 is 9.47 Å². The molecule has 7 nitrogen and oxygen atoms in total. The number of anilines is 2. The zero-order chi connectivity index (χ0) is 13.1. The van der Waals surface area contributed by atoms with Crippen LogP contribution in [0.3, 0.4) is 0 Å². The van der Waals surface area contributed by atoms with E-state index in [1.165, 1.54) is 0 Å². The Morgan fingerprint density at radius 3 is 1.89 bits per heavy atom. The molecule has 1 rings (SSSR count). The van der Waals surface area contributed by atoms with Gasteiger partial charge in [0, 0.05) is 26.3 Å². The van der Waals surface area contributed by atoms with Gasteiger partial charge in [-0.2, -0.15) is 15.0 Å². The molecule has 1 aromatic rings. The number of ether oxygens (including phenoxy) is 2. The van der Waals surface area contributed by atoms with Gasteiger partial charge < -0.3 is 20.1 Å². The molecule has 1 aromatic heterocycles. The molecule has 1 heterocycles. The van der Waals surface area contributed by atoms with E-state index in [0.29, 0.717) is 51.4 Å². The maximum atomic E-state index is 5.20. The molecule has 0 aliphatic rings. The third kappa shape index (κ3) is 6.31. The zero-order valence-corrected chi connectivity index (χ0v) is 10.9. The average molecular weight is 254 g/mol. The molecule has 18 heavy (non-hydrogen) atoms. The van der Waals surface area contributed by atoms with Crippen molar-refractivity contribution in [2.45, 2.75) is 13.8 Å². The Hall–Kier alpha value is -1.47. The molecule has 101 valence electrons. The highest BCUT2D eigenvalue weighted by atomic mass is 16.5. The monoisotopic (exact) mass is 254 g/mol. The van der Waals surface area contributed by atoms with Crippen LogP contribution < -0.4 is 10.6 Å².